The lowest BCUT2D eigenvalue weighted by Gasteiger charge is -2.29. The van der Waals surface area contributed by atoms with E-state index in [0.29, 0.717) is 0 Å². The van der Waals surface area contributed by atoms with E-state index in [1.807, 2.05) is 11.3 Å². The van der Waals surface area contributed by atoms with Crippen molar-refractivity contribution in [3.63, 3.8) is 0 Å². The average Bonchev–Trinajstić information content (AvgIpc) is 2.56. The molecule has 0 aromatic carbocycles. The maximum absolute atomic E-state index is 3.75. The zero-order chi connectivity index (χ0) is 11.5. The van der Waals surface area contributed by atoms with Crippen molar-refractivity contribution in [1.29, 1.82) is 0 Å². The third kappa shape index (κ3) is 2.86. The third-order valence-corrected chi connectivity index (χ3v) is 4.82. The van der Waals surface area contributed by atoms with Crippen LogP contribution in [0.5, 0.6) is 0 Å². The van der Waals surface area contributed by atoms with Gasteiger partial charge in [0.05, 0.1) is 0 Å². The fourth-order valence-corrected chi connectivity index (χ4v) is 3.67. The van der Waals surface area contributed by atoms with Crippen LogP contribution >= 0.6 is 11.3 Å². The minimum absolute atomic E-state index is 0.744. The van der Waals surface area contributed by atoms with Crippen LogP contribution in [0.4, 0.5) is 0 Å². The molecular weight excluding hydrogens is 214 g/mol. The van der Waals surface area contributed by atoms with Gasteiger partial charge in [-0.25, -0.2) is 0 Å². The molecule has 0 amide bonds. The lowest BCUT2D eigenvalue weighted by molar-refractivity contribution is 0.279. The Morgan fingerprint density at radius 3 is 2.69 bits per heavy atom. The summed E-state index contributed by atoms with van der Waals surface area (Å²) in [6, 6.07) is 3.08. The molecule has 0 aliphatic heterocycles. The summed E-state index contributed by atoms with van der Waals surface area (Å²) in [5.41, 5.74) is 1.50. The molecule has 2 heteroatoms. The van der Waals surface area contributed by atoms with Gasteiger partial charge in [0, 0.05) is 22.3 Å². The molecule has 1 saturated carbocycles. The van der Waals surface area contributed by atoms with Crippen molar-refractivity contribution < 1.29 is 0 Å². The van der Waals surface area contributed by atoms with Crippen molar-refractivity contribution in [2.45, 2.75) is 59.0 Å². The molecule has 1 nitrogen and oxygen atoms in total. The molecule has 1 N–H and O–H groups in total. The van der Waals surface area contributed by atoms with E-state index in [9.17, 15) is 0 Å². The van der Waals surface area contributed by atoms with E-state index in [0.717, 1.165) is 18.5 Å². The Hall–Kier alpha value is -0.340. The van der Waals surface area contributed by atoms with Gasteiger partial charge in [-0.05, 0) is 44.2 Å². The summed E-state index contributed by atoms with van der Waals surface area (Å²) in [5.74, 6) is 0.855. The van der Waals surface area contributed by atoms with Gasteiger partial charge in [0.1, 0.15) is 0 Å². The Kier molecular flexibility index (Phi) is 4.04. The lowest BCUT2D eigenvalue weighted by atomic mass is 9.86. The molecule has 0 bridgehead atoms. The Morgan fingerprint density at radius 1 is 1.31 bits per heavy atom. The topological polar surface area (TPSA) is 12.0 Å². The first-order chi connectivity index (χ1) is 7.66. The molecule has 1 heterocycles. The molecule has 1 aliphatic carbocycles. The van der Waals surface area contributed by atoms with Crippen LogP contribution in [0, 0.1) is 19.8 Å². The summed E-state index contributed by atoms with van der Waals surface area (Å²) in [4.78, 5) is 2.92. The van der Waals surface area contributed by atoms with Gasteiger partial charge < -0.3 is 5.32 Å². The van der Waals surface area contributed by atoms with Gasteiger partial charge in [-0.15, -0.1) is 11.3 Å². The molecular formula is C14H23NS. The highest BCUT2D eigenvalue weighted by Gasteiger charge is 2.20. The highest BCUT2D eigenvalue weighted by atomic mass is 32.1. The molecule has 1 fully saturated rings. The van der Waals surface area contributed by atoms with E-state index < -0.39 is 0 Å². The van der Waals surface area contributed by atoms with Gasteiger partial charge in [0.15, 0.2) is 0 Å². The van der Waals surface area contributed by atoms with E-state index in [4.69, 9.17) is 0 Å². The van der Waals surface area contributed by atoms with Crippen LogP contribution < -0.4 is 5.32 Å². The fourth-order valence-electron chi connectivity index (χ4n) is 2.72. The summed E-state index contributed by atoms with van der Waals surface area (Å²) in [6.45, 7) is 7.89. The molecule has 0 saturated heterocycles. The van der Waals surface area contributed by atoms with Gasteiger partial charge >= 0.3 is 0 Å². The molecule has 2 unspecified atom stereocenters. The van der Waals surface area contributed by atoms with Crippen LogP contribution in [0.15, 0.2) is 6.07 Å². The van der Waals surface area contributed by atoms with Crippen LogP contribution in [-0.4, -0.2) is 6.04 Å². The Labute approximate surface area is 103 Å². The second-order valence-electron chi connectivity index (χ2n) is 5.19. The summed E-state index contributed by atoms with van der Waals surface area (Å²) in [6.07, 6.45) is 5.60. The van der Waals surface area contributed by atoms with Crippen LogP contribution in [0.1, 0.15) is 47.9 Å². The highest BCUT2D eigenvalue weighted by Crippen LogP contribution is 2.25. The number of nitrogens with one attached hydrogen (secondary N) is 1. The molecule has 1 aliphatic rings. The van der Waals surface area contributed by atoms with Crippen LogP contribution in [0.25, 0.3) is 0 Å². The van der Waals surface area contributed by atoms with Gasteiger partial charge in [0.25, 0.3) is 0 Å². The fraction of sp³-hybridized carbons (Fsp3) is 0.714. The average molecular weight is 237 g/mol. The van der Waals surface area contributed by atoms with Crippen LogP contribution in [0.3, 0.4) is 0 Å². The summed E-state index contributed by atoms with van der Waals surface area (Å²) < 4.78 is 0. The highest BCUT2D eigenvalue weighted by molar-refractivity contribution is 7.12. The minimum atomic E-state index is 0.744. The molecule has 2 atom stereocenters. The van der Waals surface area contributed by atoms with Gasteiger partial charge in [0.2, 0.25) is 0 Å². The molecule has 1 aromatic rings. The maximum atomic E-state index is 3.75. The van der Waals surface area contributed by atoms with Crippen molar-refractivity contribution in [3.05, 3.63) is 21.4 Å². The van der Waals surface area contributed by atoms with E-state index in [2.05, 4.69) is 32.2 Å². The van der Waals surface area contributed by atoms with Crippen molar-refractivity contribution in [1.82, 2.24) is 5.32 Å². The zero-order valence-corrected chi connectivity index (χ0v) is 11.5. The van der Waals surface area contributed by atoms with E-state index in [-0.39, 0.29) is 0 Å². The maximum Gasteiger partial charge on any atom is 0.0219 e. The zero-order valence-electron chi connectivity index (χ0n) is 10.7. The Bertz CT molecular complexity index is 343. The Morgan fingerprint density at radius 2 is 2.06 bits per heavy atom. The van der Waals surface area contributed by atoms with E-state index >= 15 is 0 Å². The van der Waals surface area contributed by atoms with Crippen molar-refractivity contribution >= 4 is 11.3 Å². The predicted octanol–water partition coefficient (Wildman–Crippen LogP) is 4.03. The first-order valence-electron chi connectivity index (χ1n) is 6.46. The second kappa shape index (κ2) is 5.33. The smallest absolute Gasteiger partial charge is 0.0219 e. The van der Waals surface area contributed by atoms with Crippen molar-refractivity contribution in [2.24, 2.45) is 5.92 Å². The first-order valence-corrected chi connectivity index (χ1v) is 7.28. The molecule has 16 heavy (non-hydrogen) atoms. The number of thiophene rings is 1. The number of hydrogen-bond donors (Lipinski definition) is 1. The number of aryl methyl sites for hydroxylation is 2. The summed E-state index contributed by atoms with van der Waals surface area (Å²) >= 11 is 1.92. The minimum Gasteiger partial charge on any atom is -0.310 e. The second-order valence-corrected chi connectivity index (χ2v) is 6.65. The largest absolute Gasteiger partial charge is 0.310 e. The summed E-state index contributed by atoms with van der Waals surface area (Å²) in [7, 11) is 0. The summed E-state index contributed by atoms with van der Waals surface area (Å²) in [5, 5.41) is 3.75. The first kappa shape index (κ1) is 12.1. The third-order valence-electron chi connectivity index (χ3n) is 3.81. The Balaban J connectivity index is 1.89. The van der Waals surface area contributed by atoms with Gasteiger partial charge in [-0.2, -0.15) is 0 Å². The molecule has 2 rings (SSSR count). The monoisotopic (exact) mass is 237 g/mol. The standard InChI is InChI=1S/C14H23NS/c1-10-6-4-5-7-14(10)15-9-13-8-11(2)16-12(13)3/h8,10,14-15H,4-7,9H2,1-3H3. The van der Waals surface area contributed by atoms with Crippen LogP contribution in [0.2, 0.25) is 0 Å². The van der Waals surface area contributed by atoms with E-state index in [1.54, 1.807) is 0 Å². The molecule has 90 valence electrons. The quantitative estimate of drug-likeness (QED) is 0.837. The normalized spacial score (nSPS) is 25.9. The van der Waals surface area contributed by atoms with Crippen molar-refractivity contribution in [3.8, 4) is 0 Å². The van der Waals surface area contributed by atoms with Crippen LogP contribution in [-0.2, 0) is 6.54 Å². The predicted molar refractivity (Wildman–Crippen MR) is 72.1 cm³/mol. The van der Waals surface area contributed by atoms with Gasteiger partial charge in [-0.1, -0.05) is 19.8 Å². The molecule has 0 spiro atoms. The SMILES string of the molecule is Cc1cc(CNC2CCCCC2C)c(C)s1. The number of rotatable bonds is 3. The molecule has 0 radical (unpaired) electrons. The van der Waals surface area contributed by atoms with Gasteiger partial charge in [-0.3, -0.25) is 0 Å². The number of hydrogen-bond acceptors (Lipinski definition) is 2. The lowest BCUT2D eigenvalue weighted by Crippen LogP contribution is -2.36. The molecule has 1 aromatic heterocycles. The van der Waals surface area contributed by atoms with Crippen molar-refractivity contribution in [2.75, 3.05) is 0 Å². The van der Waals surface area contributed by atoms with E-state index in [1.165, 1.54) is 41.0 Å².